The summed E-state index contributed by atoms with van der Waals surface area (Å²) in [4.78, 5) is 13.7. The van der Waals surface area contributed by atoms with Crippen molar-refractivity contribution in [3.05, 3.63) is 39.5 Å². The molecule has 0 spiro atoms. The third-order valence-electron chi connectivity index (χ3n) is 3.90. The molecule has 0 fully saturated rings. The highest BCUT2D eigenvalue weighted by atomic mass is 35.5. The second-order valence-corrected chi connectivity index (χ2v) is 6.23. The van der Waals surface area contributed by atoms with Gasteiger partial charge >= 0.3 is 0 Å². The molecule has 0 atom stereocenters. The van der Waals surface area contributed by atoms with Crippen molar-refractivity contribution in [2.75, 3.05) is 0 Å². The number of aromatic nitrogens is 5. The Balaban J connectivity index is 1.90. The molecule has 0 bridgehead atoms. The van der Waals surface area contributed by atoms with E-state index in [2.05, 4.69) is 10.1 Å². The maximum atomic E-state index is 6.16. The molecule has 112 valence electrons. The van der Waals surface area contributed by atoms with Crippen molar-refractivity contribution < 1.29 is 0 Å². The molecule has 7 heteroatoms. The quantitative estimate of drug-likeness (QED) is 0.637. The number of fused-ring (bicyclic) bond motifs is 2. The van der Waals surface area contributed by atoms with Crippen LogP contribution in [0.5, 0.6) is 0 Å². The molecule has 0 N–H and O–H groups in total. The van der Waals surface area contributed by atoms with Crippen molar-refractivity contribution in [3.8, 4) is 11.4 Å². The zero-order valence-electron chi connectivity index (χ0n) is 12.0. The van der Waals surface area contributed by atoms with Crippen LogP contribution < -0.4 is 0 Å². The van der Waals surface area contributed by atoms with Gasteiger partial charge in [0.05, 0.1) is 17.1 Å². The van der Waals surface area contributed by atoms with Crippen LogP contribution in [-0.4, -0.2) is 24.6 Å². The summed E-state index contributed by atoms with van der Waals surface area (Å²) in [5.74, 6) is 0. The molecular weight excluding hydrogens is 321 g/mol. The van der Waals surface area contributed by atoms with E-state index in [9.17, 15) is 0 Å². The van der Waals surface area contributed by atoms with Gasteiger partial charge in [-0.3, -0.25) is 4.98 Å². The van der Waals surface area contributed by atoms with Gasteiger partial charge in [0.2, 0.25) is 0 Å². The third kappa shape index (κ3) is 2.25. The van der Waals surface area contributed by atoms with Crippen LogP contribution in [0.1, 0.15) is 29.9 Å². The predicted octanol–water partition coefficient (Wildman–Crippen LogP) is 3.68. The minimum Gasteiger partial charge on any atom is -0.254 e. The standard InChI is InChI=1S/C15H13Cl2N5/c1-8-15(19-10-5-3-2-4-9(10)18-8)11-6-14-20-12(16)7-13(17)22(14)21-11/h6-7H,2-5H2,1H3. The molecule has 0 saturated heterocycles. The van der Waals surface area contributed by atoms with E-state index >= 15 is 0 Å². The van der Waals surface area contributed by atoms with E-state index in [-0.39, 0.29) is 0 Å². The van der Waals surface area contributed by atoms with Gasteiger partial charge in [0.15, 0.2) is 5.65 Å². The molecule has 1 aliphatic rings. The Bertz CT molecular complexity index is 887. The fraction of sp³-hybridized carbons (Fsp3) is 0.333. The van der Waals surface area contributed by atoms with Crippen molar-refractivity contribution in [2.24, 2.45) is 0 Å². The topological polar surface area (TPSA) is 56.0 Å². The average Bonchev–Trinajstić information content (AvgIpc) is 2.90. The van der Waals surface area contributed by atoms with E-state index < -0.39 is 0 Å². The summed E-state index contributed by atoms with van der Waals surface area (Å²) >= 11 is 12.1. The number of hydrogen-bond donors (Lipinski definition) is 0. The van der Waals surface area contributed by atoms with Gasteiger partial charge in [-0.25, -0.2) is 14.5 Å². The summed E-state index contributed by atoms with van der Waals surface area (Å²) in [7, 11) is 0. The maximum Gasteiger partial charge on any atom is 0.159 e. The molecule has 0 amide bonds. The van der Waals surface area contributed by atoms with Crippen LogP contribution >= 0.6 is 23.2 Å². The first-order chi connectivity index (χ1) is 10.6. The molecule has 3 aromatic rings. The zero-order valence-corrected chi connectivity index (χ0v) is 13.5. The average molecular weight is 334 g/mol. The molecule has 4 rings (SSSR count). The summed E-state index contributed by atoms with van der Waals surface area (Å²) in [6, 6.07) is 3.41. The molecule has 3 heterocycles. The van der Waals surface area contributed by atoms with E-state index in [1.165, 1.54) is 12.8 Å². The van der Waals surface area contributed by atoms with Gasteiger partial charge in [0.1, 0.15) is 21.7 Å². The van der Waals surface area contributed by atoms with Crippen LogP contribution in [0.25, 0.3) is 17.0 Å². The lowest BCUT2D eigenvalue weighted by atomic mass is 10.00. The molecule has 22 heavy (non-hydrogen) atoms. The van der Waals surface area contributed by atoms with Crippen molar-refractivity contribution in [1.82, 2.24) is 24.6 Å². The van der Waals surface area contributed by atoms with Gasteiger partial charge in [-0.1, -0.05) is 23.2 Å². The van der Waals surface area contributed by atoms with Gasteiger partial charge in [-0.05, 0) is 32.6 Å². The van der Waals surface area contributed by atoms with E-state index in [1.807, 2.05) is 13.0 Å². The number of halogens is 2. The molecular formula is C15H13Cl2N5. The fourth-order valence-electron chi connectivity index (χ4n) is 2.85. The molecule has 1 aliphatic carbocycles. The van der Waals surface area contributed by atoms with Crippen LogP contribution in [0.2, 0.25) is 10.3 Å². The second-order valence-electron chi connectivity index (χ2n) is 5.46. The third-order valence-corrected chi connectivity index (χ3v) is 4.36. The monoisotopic (exact) mass is 333 g/mol. The maximum absolute atomic E-state index is 6.16. The first-order valence-electron chi connectivity index (χ1n) is 7.20. The molecule has 0 radical (unpaired) electrons. The Labute approximate surface area is 137 Å². The summed E-state index contributed by atoms with van der Waals surface area (Å²) in [6.45, 7) is 1.96. The Morgan fingerprint density at radius 1 is 1.00 bits per heavy atom. The van der Waals surface area contributed by atoms with Crippen LogP contribution in [0.15, 0.2) is 12.1 Å². The molecule has 0 saturated carbocycles. The van der Waals surface area contributed by atoms with Gasteiger partial charge in [0.25, 0.3) is 0 Å². The predicted molar refractivity (Wildman–Crippen MR) is 85.4 cm³/mol. The minimum absolute atomic E-state index is 0.345. The van der Waals surface area contributed by atoms with Crippen molar-refractivity contribution in [1.29, 1.82) is 0 Å². The highest BCUT2D eigenvalue weighted by Crippen LogP contribution is 2.26. The first-order valence-corrected chi connectivity index (χ1v) is 7.96. The van der Waals surface area contributed by atoms with Gasteiger partial charge < -0.3 is 0 Å². The molecule has 0 aromatic carbocycles. The molecule has 0 aliphatic heterocycles. The first kappa shape index (κ1) is 13.9. The Kier molecular flexibility index (Phi) is 3.27. The smallest absolute Gasteiger partial charge is 0.159 e. The van der Waals surface area contributed by atoms with E-state index in [0.717, 1.165) is 41.3 Å². The van der Waals surface area contributed by atoms with Crippen LogP contribution in [0, 0.1) is 6.92 Å². The normalized spacial score (nSPS) is 14.3. The Morgan fingerprint density at radius 2 is 1.73 bits per heavy atom. The van der Waals surface area contributed by atoms with Crippen molar-refractivity contribution in [3.63, 3.8) is 0 Å². The fourth-order valence-corrected chi connectivity index (χ4v) is 3.33. The van der Waals surface area contributed by atoms with Crippen molar-refractivity contribution >= 4 is 28.8 Å². The van der Waals surface area contributed by atoms with Gasteiger partial charge in [-0.15, -0.1) is 0 Å². The zero-order chi connectivity index (χ0) is 15.3. The largest absolute Gasteiger partial charge is 0.254 e. The summed E-state index contributed by atoms with van der Waals surface area (Å²) < 4.78 is 1.56. The van der Waals surface area contributed by atoms with Crippen LogP contribution in [0.3, 0.4) is 0 Å². The number of rotatable bonds is 1. The number of hydrogen-bond acceptors (Lipinski definition) is 4. The van der Waals surface area contributed by atoms with Gasteiger partial charge in [0, 0.05) is 12.1 Å². The molecule has 5 nitrogen and oxygen atoms in total. The van der Waals surface area contributed by atoms with Crippen molar-refractivity contribution in [2.45, 2.75) is 32.6 Å². The van der Waals surface area contributed by atoms with Crippen LogP contribution in [0.4, 0.5) is 0 Å². The summed E-state index contributed by atoms with van der Waals surface area (Å²) in [5, 5.41) is 5.26. The molecule has 0 unspecified atom stereocenters. The van der Waals surface area contributed by atoms with E-state index in [1.54, 1.807) is 10.6 Å². The SMILES string of the molecule is Cc1nc2c(nc1-c1cc3nc(Cl)cc(Cl)n3n1)CCCC2. The lowest BCUT2D eigenvalue weighted by molar-refractivity contribution is 0.647. The Morgan fingerprint density at radius 3 is 2.50 bits per heavy atom. The molecule has 3 aromatic heterocycles. The van der Waals surface area contributed by atoms with E-state index in [0.29, 0.717) is 16.0 Å². The lowest BCUT2D eigenvalue weighted by Crippen LogP contribution is -2.10. The van der Waals surface area contributed by atoms with E-state index in [4.69, 9.17) is 33.2 Å². The summed E-state index contributed by atoms with van der Waals surface area (Å²) in [5.41, 5.74) is 5.20. The number of nitrogens with zero attached hydrogens (tertiary/aromatic N) is 5. The highest BCUT2D eigenvalue weighted by Gasteiger charge is 2.18. The Hall–Kier alpha value is -1.72. The van der Waals surface area contributed by atoms with Gasteiger partial charge in [-0.2, -0.15) is 5.10 Å². The number of aryl methyl sites for hydroxylation is 3. The van der Waals surface area contributed by atoms with Crippen LogP contribution in [-0.2, 0) is 12.8 Å². The lowest BCUT2D eigenvalue weighted by Gasteiger charge is -2.15. The second kappa shape index (κ2) is 5.18. The minimum atomic E-state index is 0.345. The highest BCUT2D eigenvalue weighted by molar-refractivity contribution is 6.33. The summed E-state index contributed by atoms with van der Waals surface area (Å²) in [6.07, 6.45) is 4.34.